The van der Waals surface area contributed by atoms with Gasteiger partial charge in [-0.3, -0.25) is 28.7 Å². The molecule has 28 heteroatoms. The second kappa shape index (κ2) is 27.8. The summed E-state index contributed by atoms with van der Waals surface area (Å²) in [6, 6.07) is 14.2. The quantitative estimate of drug-likeness (QED) is 0.0817. The summed E-state index contributed by atoms with van der Waals surface area (Å²) in [5, 5.41) is 14.3. The molecule has 3 saturated heterocycles. The van der Waals surface area contributed by atoms with Gasteiger partial charge in [-0.2, -0.15) is 37.2 Å². The van der Waals surface area contributed by atoms with E-state index >= 15 is 0 Å². The lowest BCUT2D eigenvalue weighted by molar-refractivity contribution is -0.274. The van der Waals surface area contributed by atoms with Crippen LogP contribution in [-0.4, -0.2) is 203 Å². The van der Waals surface area contributed by atoms with Gasteiger partial charge in [-0.25, -0.2) is 15.0 Å². The van der Waals surface area contributed by atoms with Crippen molar-refractivity contribution in [1.29, 1.82) is 0 Å². The van der Waals surface area contributed by atoms with E-state index in [0.29, 0.717) is 118 Å². The van der Waals surface area contributed by atoms with Gasteiger partial charge in [-0.1, -0.05) is 0 Å². The molecule has 3 aliphatic heterocycles. The van der Waals surface area contributed by atoms with Gasteiger partial charge in [0.15, 0.2) is 23.1 Å². The van der Waals surface area contributed by atoms with E-state index < -0.39 is 36.3 Å². The van der Waals surface area contributed by atoms with E-state index in [1.165, 1.54) is 74.4 Å². The minimum atomic E-state index is -4.83. The van der Waals surface area contributed by atoms with E-state index in [9.17, 15) is 35.1 Å². The Bertz CT molecular complexity index is 3840. The molecule has 0 bridgehead atoms. The molecule has 9 aliphatic rings. The second-order valence-corrected chi connectivity index (χ2v) is 31.3. The molecule has 6 aromatic heterocycles. The van der Waals surface area contributed by atoms with Crippen molar-refractivity contribution >= 4 is 17.5 Å². The molecule has 20 nitrogen and oxygen atoms in total. The van der Waals surface area contributed by atoms with Gasteiger partial charge in [0.1, 0.15) is 5.82 Å². The average Bonchev–Trinajstić information content (AvgIpc) is 1.57. The SMILES string of the molecule is CC(C)n1nc(-c2cnc(N)c(C(F)(F)F)c2)cc1C1[C@H]2CC(N3CCN(C)C[C@@H]3C)C[C@@H]12.CC(C)n1nc(-c2cnc(N)c(OC(F)(F)F)c2)cc1C1[C@H]2CC(N3CCN(C)C[C@@H]3C)C[C@@H]12.CC(C)n1nc(-c2cnc(N)c(OC(F)F)c2)cc1C1[C@H]2CC(N3CCN(C)C[C@@H]3C)C[C@@H]12. The molecule has 0 aromatic carbocycles. The first-order chi connectivity index (χ1) is 47.3. The maximum Gasteiger partial charge on any atom is 0.573 e. The number of halogens is 8. The third-order valence-electron chi connectivity index (χ3n) is 23.4. The molecular formula is C72H100F8N18O2. The fraction of sp³-hybridized carbons (Fsp3) is 0.667. The number of nitrogens with zero attached hydrogens (tertiary/aromatic N) is 15. The van der Waals surface area contributed by atoms with Gasteiger partial charge in [-0.05, 0) is 194 Å². The number of anilines is 3. The van der Waals surface area contributed by atoms with Crippen LogP contribution in [0.5, 0.6) is 11.5 Å². The van der Waals surface area contributed by atoms with Crippen LogP contribution in [0.4, 0.5) is 52.6 Å². The predicted molar refractivity (Wildman–Crippen MR) is 368 cm³/mol. The van der Waals surface area contributed by atoms with Crippen molar-refractivity contribution in [2.75, 3.05) is 97.2 Å². The molecule has 6 saturated carbocycles. The van der Waals surface area contributed by atoms with Crippen molar-refractivity contribution in [2.24, 2.45) is 35.5 Å². The number of pyridine rings is 3. The average molecular weight is 1400 g/mol. The van der Waals surface area contributed by atoms with Crippen molar-refractivity contribution in [2.45, 2.75) is 192 Å². The summed E-state index contributed by atoms with van der Waals surface area (Å²) < 4.78 is 118. The minimum Gasteiger partial charge on any atom is -0.431 e. The molecule has 6 aromatic rings. The number of piperazine rings is 3. The van der Waals surface area contributed by atoms with Gasteiger partial charge in [0.25, 0.3) is 0 Å². The summed E-state index contributed by atoms with van der Waals surface area (Å²) in [4.78, 5) is 27.1. The van der Waals surface area contributed by atoms with E-state index in [2.05, 4.69) is 148 Å². The maximum atomic E-state index is 13.3. The molecule has 100 heavy (non-hydrogen) atoms. The topological polar surface area (TPSA) is 208 Å². The molecular weight excluding hydrogens is 1300 g/mol. The lowest BCUT2D eigenvalue weighted by Gasteiger charge is -2.42. The lowest BCUT2D eigenvalue weighted by Crippen LogP contribution is -2.54. The number of alkyl halides is 8. The smallest absolute Gasteiger partial charge is 0.431 e. The number of aromatic nitrogens is 9. The molecule has 6 N–H and O–H groups in total. The highest BCUT2D eigenvalue weighted by Crippen LogP contribution is 2.67. The van der Waals surface area contributed by atoms with E-state index in [4.69, 9.17) is 32.5 Å². The van der Waals surface area contributed by atoms with Gasteiger partial charge in [0.2, 0.25) is 0 Å². The standard InChI is InChI=1S/C24H33F3N6O.C24H33F3N6.C24H34F2N6O/c1-13(2)33-20(10-19(30-33)15-7-21(23(28)29-11-15)34-24(25,26)27)22-17-8-16(9-18(17)22)32-6-5-31(4)12-14(32)3;1-13(2)33-21(10-20(30-33)15-7-19(24(25,26)27)23(28)29-11-15)22-17-8-16(9-18(17)22)32-6-5-31(4)12-14(32)3;1-13(2)32-20(10-19(29-32)15-7-21(33-24(25)26)23(27)28-11-15)22-17-8-16(9-18(17)22)31-6-5-30(4)12-14(31)3/h7,10-11,13-14,16-18,22H,5-6,8-9,12H2,1-4H3,(H2,28,29);7,10-11,13-14,16-18,22H,5-6,8-9,12H2,1-4H3,(H2,28,29);7,10-11,13-14,16-18,22,24H,5-6,8-9,12H2,1-4H3,(H2,27,28)/t3*14-,16?,17-,18+,22?/m000/s1. The van der Waals surface area contributed by atoms with Crippen molar-refractivity contribution < 1.29 is 44.6 Å². The molecule has 15 rings (SSSR count). The molecule has 6 aliphatic carbocycles. The van der Waals surface area contributed by atoms with Crippen LogP contribution < -0.4 is 26.7 Å². The summed E-state index contributed by atoms with van der Waals surface area (Å²) in [5.74, 6) is 3.91. The highest BCUT2D eigenvalue weighted by atomic mass is 19.4. The first-order valence-electron chi connectivity index (χ1n) is 35.9. The Hall–Kier alpha value is -6.72. The number of fused-ring (bicyclic) bond motifs is 3. The Balaban J connectivity index is 0.000000134. The number of ether oxygens (including phenoxy) is 2. The monoisotopic (exact) mass is 1400 g/mol. The van der Waals surface area contributed by atoms with Gasteiger partial charge in [0.05, 0.1) is 22.6 Å². The molecule has 546 valence electrons. The van der Waals surface area contributed by atoms with E-state index in [1.54, 1.807) is 6.20 Å². The third-order valence-corrected chi connectivity index (χ3v) is 23.4. The van der Waals surface area contributed by atoms with Crippen LogP contribution in [0, 0.1) is 35.5 Å². The van der Waals surface area contributed by atoms with Crippen molar-refractivity contribution in [3.63, 3.8) is 0 Å². The summed E-state index contributed by atoms with van der Waals surface area (Å²) in [5.41, 5.74) is 22.7. The zero-order valence-corrected chi connectivity index (χ0v) is 59.6. The Morgan fingerprint density at radius 1 is 0.440 bits per heavy atom. The summed E-state index contributed by atoms with van der Waals surface area (Å²) >= 11 is 0. The zero-order valence-electron chi connectivity index (χ0n) is 59.6. The highest BCUT2D eigenvalue weighted by Gasteiger charge is 2.62. The van der Waals surface area contributed by atoms with Gasteiger partial charge >= 0.3 is 19.2 Å². The number of hydrogen-bond acceptors (Lipinski definition) is 17. The van der Waals surface area contributed by atoms with Crippen molar-refractivity contribution in [3.05, 3.63) is 77.6 Å². The summed E-state index contributed by atoms with van der Waals surface area (Å²) in [6.07, 6.45) is 2.34. The summed E-state index contributed by atoms with van der Waals surface area (Å²) in [6.45, 7) is 26.8. The Labute approximate surface area is 581 Å². The largest absolute Gasteiger partial charge is 0.573 e. The second-order valence-electron chi connectivity index (χ2n) is 31.3. The van der Waals surface area contributed by atoms with Gasteiger partial charge in [-0.15, -0.1) is 13.2 Å². The number of likely N-dealkylation sites (N-methyl/N-ethyl adjacent to an activating group) is 3. The van der Waals surface area contributed by atoms with E-state index in [1.807, 2.05) is 21.5 Å². The van der Waals surface area contributed by atoms with Crippen LogP contribution in [0.1, 0.15) is 159 Å². The zero-order chi connectivity index (χ0) is 71.5. The normalized spacial score (nSPS) is 30.3. The number of nitrogens with two attached hydrogens (primary N) is 3. The Morgan fingerprint density at radius 3 is 1.05 bits per heavy atom. The van der Waals surface area contributed by atoms with Crippen LogP contribution in [-0.2, 0) is 6.18 Å². The molecule has 15 atom stereocenters. The van der Waals surface area contributed by atoms with Crippen LogP contribution in [0.15, 0.2) is 55.0 Å². The van der Waals surface area contributed by atoms with Crippen LogP contribution in [0.2, 0.25) is 0 Å². The lowest BCUT2D eigenvalue weighted by atomic mass is 10.00. The minimum absolute atomic E-state index is 0.0523. The van der Waals surface area contributed by atoms with E-state index in [0.717, 1.165) is 76.4 Å². The van der Waals surface area contributed by atoms with Crippen LogP contribution >= 0.6 is 0 Å². The number of nitrogen functional groups attached to an aromatic ring is 3. The van der Waals surface area contributed by atoms with Gasteiger partial charge in [0, 0.05) is 183 Å². The summed E-state index contributed by atoms with van der Waals surface area (Å²) in [7, 11) is 6.59. The van der Waals surface area contributed by atoms with Crippen molar-refractivity contribution in [3.8, 4) is 45.3 Å². The fourth-order valence-corrected chi connectivity index (χ4v) is 18.7. The first kappa shape index (κ1) is 71.7. The van der Waals surface area contributed by atoms with E-state index in [-0.39, 0.29) is 35.5 Å². The van der Waals surface area contributed by atoms with Gasteiger partial charge < -0.3 is 41.4 Å². The Morgan fingerprint density at radius 2 is 0.750 bits per heavy atom. The molecule has 0 spiro atoms. The highest BCUT2D eigenvalue weighted by molar-refractivity contribution is 5.67. The number of rotatable bonds is 15. The molecule has 9 fully saturated rings. The first-order valence-corrected chi connectivity index (χ1v) is 35.9. The van der Waals surface area contributed by atoms with Crippen LogP contribution in [0.3, 0.4) is 0 Å². The maximum absolute atomic E-state index is 13.3. The molecule has 6 unspecified atom stereocenters. The van der Waals surface area contributed by atoms with Crippen molar-refractivity contribution in [1.82, 2.24) is 73.7 Å². The number of hydrogen-bond donors (Lipinski definition) is 3. The Kier molecular flexibility index (Phi) is 19.9. The molecule has 0 amide bonds. The fourth-order valence-electron chi connectivity index (χ4n) is 18.7. The molecule has 0 radical (unpaired) electrons. The third kappa shape index (κ3) is 14.8. The van der Waals surface area contributed by atoms with Crippen LogP contribution in [0.25, 0.3) is 33.8 Å². The molecule has 9 heterocycles. The predicted octanol–water partition coefficient (Wildman–Crippen LogP) is 12.2.